The molecule has 0 spiro atoms. The molecule has 1 heterocycles. The first kappa shape index (κ1) is 12.6. The Morgan fingerprint density at radius 2 is 2.18 bits per heavy atom. The lowest BCUT2D eigenvalue weighted by Gasteiger charge is -2.09. The Balaban J connectivity index is 2.14. The smallest absolute Gasteiger partial charge is 0.123 e. The summed E-state index contributed by atoms with van der Waals surface area (Å²) in [6.45, 7) is 1.96. The van der Waals surface area contributed by atoms with Gasteiger partial charge in [-0.15, -0.1) is 11.3 Å². The van der Waals surface area contributed by atoms with E-state index < -0.39 is 0 Å². The van der Waals surface area contributed by atoms with Gasteiger partial charge in [0, 0.05) is 10.9 Å². The van der Waals surface area contributed by atoms with Gasteiger partial charge in [0.25, 0.3) is 0 Å². The van der Waals surface area contributed by atoms with Crippen LogP contribution in [0.1, 0.15) is 22.0 Å². The van der Waals surface area contributed by atoms with Gasteiger partial charge in [0.15, 0.2) is 0 Å². The van der Waals surface area contributed by atoms with Crippen LogP contribution in [-0.4, -0.2) is 0 Å². The van der Waals surface area contributed by atoms with Crippen molar-refractivity contribution in [2.45, 2.75) is 19.4 Å². The summed E-state index contributed by atoms with van der Waals surface area (Å²) in [5.74, 6) is -0.227. The molecule has 90 valence electrons. The Kier molecular flexibility index (Phi) is 3.82. The molecule has 4 heteroatoms. The van der Waals surface area contributed by atoms with Crippen LogP contribution < -0.4 is 5.73 Å². The molecule has 0 saturated heterocycles. The lowest BCUT2D eigenvalue weighted by Crippen LogP contribution is -2.11. The lowest BCUT2D eigenvalue weighted by atomic mass is 10.1. The van der Waals surface area contributed by atoms with E-state index in [1.165, 1.54) is 23.5 Å². The van der Waals surface area contributed by atoms with Crippen molar-refractivity contribution >= 4 is 22.9 Å². The van der Waals surface area contributed by atoms with Crippen LogP contribution in [0.3, 0.4) is 0 Å². The van der Waals surface area contributed by atoms with Crippen LogP contribution in [0.15, 0.2) is 30.3 Å². The molecule has 1 unspecified atom stereocenters. The van der Waals surface area contributed by atoms with Gasteiger partial charge in [0.1, 0.15) is 5.82 Å². The van der Waals surface area contributed by atoms with E-state index in [9.17, 15) is 4.39 Å². The summed E-state index contributed by atoms with van der Waals surface area (Å²) in [6.07, 6.45) is 0.619. The normalized spacial score (nSPS) is 12.7. The number of hydrogen-bond acceptors (Lipinski definition) is 2. The number of rotatable bonds is 3. The second-order valence-corrected chi connectivity index (χ2v) is 5.73. The van der Waals surface area contributed by atoms with Gasteiger partial charge in [0.05, 0.1) is 4.34 Å². The monoisotopic (exact) mass is 269 g/mol. The first-order chi connectivity index (χ1) is 8.06. The van der Waals surface area contributed by atoms with Gasteiger partial charge in [-0.2, -0.15) is 0 Å². The number of aryl methyl sites for hydroxylation is 1. The Morgan fingerprint density at radius 3 is 2.76 bits per heavy atom. The molecular formula is C13H13ClFNS. The molecule has 2 rings (SSSR count). The highest BCUT2D eigenvalue weighted by Crippen LogP contribution is 2.31. The van der Waals surface area contributed by atoms with E-state index in [0.717, 1.165) is 20.3 Å². The van der Waals surface area contributed by atoms with E-state index in [1.54, 1.807) is 6.07 Å². The van der Waals surface area contributed by atoms with Gasteiger partial charge in [-0.1, -0.05) is 23.7 Å². The van der Waals surface area contributed by atoms with Crippen LogP contribution in [-0.2, 0) is 6.42 Å². The van der Waals surface area contributed by atoms with Gasteiger partial charge in [0.2, 0.25) is 0 Å². The van der Waals surface area contributed by atoms with E-state index in [-0.39, 0.29) is 11.9 Å². The summed E-state index contributed by atoms with van der Waals surface area (Å²) in [7, 11) is 0. The van der Waals surface area contributed by atoms with E-state index in [0.29, 0.717) is 6.42 Å². The van der Waals surface area contributed by atoms with E-state index in [4.69, 9.17) is 17.3 Å². The molecule has 1 aromatic carbocycles. The summed E-state index contributed by atoms with van der Waals surface area (Å²) in [4.78, 5) is 1.04. The Morgan fingerprint density at radius 1 is 1.41 bits per heavy atom. The minimum absolute atomic E-state index is 0.131. The fraction of sp³-hybridized carbons (Fsp3) is 0.231. The highest BCUT2D eigenvalue weighted by molar-refractivity contribution is 7.16. The van der Waals surface area contributed by atoms with Crippen molar-refractivity contribution in [3.8, 4) is 0 Å². The van der Waals surface area contributed by atoms with Crippen molar-refractivity contribution in [1.29, 1.82) is 0 Å². The maximum Gasteiger partial charge on any atom is 0.123 e. The molecule has 0 bridgehead atoms. The summed E-state index contributed by atoms with van der Waals surface area (Å²) in [5.41, 5.74) is 8.03. The quantitative estimate of drug-likeness (QED) is 0.892. The van der Waals surface area contributed by atoms with Gasteiger partial charge in [-0.05, 0) is 42.7 Å². The average molecular weight is 270 g/mol. The van der Waals surface area contributed by atoms with E-state index in [1.807, 2.05) is 19.1 Å². The van der Waals surface area contributed by atoms with Crippen LogP contribution in [0.2, 0.25) is 4.34 Å². The van der Waals surface area contributed by atoms with Gasteiger partial charge >= 0.3 is 0 Å². The zero-order valence-corrected chi connectivity index (χ0v) is 11.0. The molecule has 0 radical (unpaired) electrons. The molecule has 1 atom stereocenters. The zero-order valence-electron chi connectivity index (χ0n) is 9.41. The maximum absolute atomic E-state index is 13.0. The first-order valence-electron chi connectivity index (χ1n) is 5.32. The standard InChI is InChI=1S/C13H13ClFNS/c1-8-5-12(17-13(8)14)11(16)7-9-3-2-4-10(15)6-9/h2-6,11H,7,16H2,1H3. The van der Waals surface area contributed by atoms with Crippen LogP contribution in [0.25, 0.3) is 0 Å². The third-order valence-electron chi connectivity index (χ3n) is 2.59. The highest BCUT2D eigenvalue weighted by Gasteiger charge is 2.12. The van der Waals surface area contributed by atoms with Crippen LogP contribution in [0, 0.1) is 12.7 Å². The molecule has 17 heavy (non-hydrogen) atoms. The van der Waals surface area contributed by atoms with E-state index in [2.05, 4.69) is 0 Å². The SMILES string of the molecule is Cc1cc(C(N)Cc2cccc(F)c2)sc1Cl. The minimum atomic E-state index is -0.227. The molecule has 0 aliphatic rings. The van der Waals surface area contributed by atoms with Crippen molar-refractivity contribution in [2.24, 2.45) is 5.73 Å². The number of nitrogens with two attached hydrogens (primary N) is 1. The first-order valence-corrected chi connectivity index (χ1v) is 6.51. The molecule has 2 aromatic rings. The zero-order chi connectivity index (χ0) is 12.4. The number of halogens is 2. The van der Waals surface area contributed by atoms with Gasteiger partial charge in [-0.3, -0.25) is 0 Å². The lowest BCUT2D eigenvalue weighted by molar-refractivity contribution is 0.622. The second-order valence-electron chi connectivity index (χ2n) is 4.05. The summed E-state index contributed by atoms with van der Waals surface area (Å²) >= 11 is 7.50. The molecule has 1 nitrogen and oxygen atoms in total. The molecule has 0 saturated carbocycles. The number of thiophene rings is 1. The Hall–Kier alpha value is -0.900. The fourth-order valence-electron chi connectivity index (χ4n) is 1.68. The number of benzene rings is 1. The van der Waals surface area contributed by atoms with Crippen molar-refractivity contribution in [3.05, 3.63) is 56.5 Å². The summed E-state index contributed by atoms with van der Waals surface area (Å²) in [6, 6.07) is 8.39. The van der Waals surface area contributed by atoms with Crippen molar-refractivity contribution in [1.82, 2.24) is 0 Å². The molecular weight excluding hydrogens is 257 g/mol. The largest absolute Gasteiger partial charge is 0.323 e. The Labute approximate surface area is 109 Å². The molecule has 0 fully saturated rings. The third-order valence-corrected chi connectivity index (χ3v) is 4.27. The molecule has 1 aromatic heterocycles. The predicted octanol–water partition coefficient (Wildman–Crippen LogP) is 4.09. The van der Waals surface area contributed by atoms with Crippen molar-refractivity contribution < 1.29 is 4.39 Å². The minimum Gasteiger partial charge on any atom is -0.323 e. The second kappa shape index (κ2) is 5.17. The van der Waals surface area contributed by atoms with Gasteiger partial charge < -0.3 is 5.73 Å². The third kappa shape index (κ3) is 3.06. The molecule has 2 N–H and O–H groups in total. The van der Waals surface area contributed by atoms with Crippen molar-refractivity contribution in [2.75, 3.05) is 0 Å². The Bertz CT molecular complexity index is 504. The van der Waals surface area contributed by atoms with Crippen molar-refractivity contribution in [3.63, 3.8) is 0 Å². The van der Waals surface area contributed by atoms with Crippen LogP contribution in [0.4, 0.5) is 4.39 Å². The van der Waals surface area contributed by atoms with Gasteiger partial charge in [-0.25, -0.2) is 4.39 Å². The topological polar surface area (TPSA) is 26.0 Å². The highest BCUT2D eigenvalue weighted by atomic mass is 35.5. The summed E-state index contributed by atoms with van der Waals surface area (Å²) in [5, 5.41) is 0. The maximum atomic E-state index is 13.0. The van der Waals surface area contributed by atoms with Crippen LogP contribution in [0.5, 0.6) is 0 Å². The molecule has 0 aliphatic carbocycles. The fourth-order valence-corrected chi connectivity index (χ4v) is 2.90. The number of hydrogen-bond donors (Lipinski definition) is 1. The molecule has 0 amide bonds. The predicted molar refractivity (Wildman–Crippen MR) is 71.1 cm³/mol. The van der Waals surface area contributed by atoms with Crippen LogP contribution >= 0.6 is 22.9 Å². The summed E-state index contributed by atoms with van der Waals surface area (Å²) < 4.78 is 13.8. The average Bonchev–Trinajstić information content (AvgIpc) is 2.59. The molecule has 0 aliphatic heterocycles. The van der Waals surface area contributed by atoms with E-state index >= 15 is 0 Å².